The van der Waals surface area contributed by atoms with Crippen molar-refractivity contribution in [2.75, 3.05) is 6.61 Å². The zero-order chi connectivity index (χ0) is 16.4. The van der Waals surface area contributed by atoms with Crippen LogP contribution in [0.25, 0.3) is 5.57 Å². The smallest absolute Gasteiger partial charge is 0.338 e. The molecular formula is C20H26O2. The average molecular weight is 298 g/mol. The Morgan fingerprint density at radius 3 is 2.50 bits per heavy atom. The van der Waals surface area contributed by atoms with Gasteiger partial charge in [0, 0.05) is 0 Å². The molecule has 0 aromatic heterocycles. The Morgan fingerprint density at radius 1 is 1.27 bits per heavy atom. The van der Waals surface area contributed by atoms with Crippen LogP contribution in [0.2, 0.25) is 0 Å². The van der Waals surface area contributed by atoms with E-state index < -0.39 is 0 Å². The monoisotopic (exact) mass is 298 g/mol. The van der Waals surface area contributed by atoms with Gasteiger partial charge >= 0.3 is 5.97 Å². The van der Waals surface area contributed by atoms with E-state index in [1.54, 1.807) is 0 Å². The maximum absolute atomic E-state index is 12.1. The highest BCUT2D eigenvalue weighted by molar-refractivity contribution is 5.97. The number of carbonyl (C=O) groups excluding carboxylic acids is 1. The Balaban J connectivity index is 2.33. The Morgan fingerprint density at radius 2 is 1.95 bits per heavy atom. The highest BCUT2D eigenvalue weighted by atomic mass is 16.5. The summed E-state index contributed by atoms with van der Waals surface area (Å²) in [6.07, 6.45) is 7.64. The van der Waals surface area contributed by atoms with Gasteiger partial charge in [-0.3, -0.25) is 0 Å². The fourth-order valence-corrected chi connectivity index (χ4v) is 2.61. The van der Waals surface area contributed by atoms with Gasteiger partial charge in [-0.05, 0) is 41.4 Å². The minimum atomic E-state index is -0.253. The van der Waals surface area contributed by atoms with Crippen LogP contribution < -0.4 is 0 Å². The van der Waals surface area contributed by atoms with Crippen molar-refractivity contribution in [2.45, 2.75) is 41.0 Å². The van der Waals surface area contributed by atoms with Crippen LogP contribution in [-0.2, 0) is 4.74 Å². The molecule has 0 aliphatic heterocycles. The van der Waals surface area contributed by atoms with Gasteiger partial charge in [0.25, 0.3) is 0 Å². The van der Waals surface area contributed by atoms with Crippen LogP contribution in [0.4, 0.5) is 0 Å². The highest BCUT2D eigenvalue weighted by Crippen LogP contribution is 2.46. The SMILES string of the molecule is CCOC(=O)c1ccccc1C1=CCC(C)(C(C)(C)C)C=C1. The van der Waals surface area contributed by atoms with Crippen LogP contribution in [0, 0.1) is 10.8 Å². The first kappa shape index (κ1) is 16.5. The number of benzene rings is 1. The second-order valence-electron chi connectivity index (χ2n) is 7.13. The third-order valence-corrected chi connectivity index (χ3v) is 4.82. The highest BCUT2D eigenvalue weighted by Gasteiger charge is 2.35. The molecule has 0 fully saturated rings. The van der Waals surface area contributed by atoms with Gasteiger partial charge < -0.3 is 4.74 Å². The van der Waals surface area contributed by atoms with Crippen molar-refractivity contribution in [3.8, 4) is 0 Å². The molecule has 0 N–H and O–H groups in total. The molecule has 1 aromatic rings. The molecule has 0 saturated heterocycles. The van der Waals surface area contributed by atoms with Gasteiger partial charge in [-0.15, -0.1) is 0 Å². The fraction of sp³-hybridized carbons (Fsp3) is 0.450. The number of ether oxygens (including phenoxy) is 1. The molecule has 0 bridgehead atoms. The van der Waals surface area contributed by atoms with Gasteiger partial charge in [-0.2, -0.15) is 0 Å². The van der Waals surface area contributed by atoms with Crippen LogP contribution >= 0.6 is 0 Å². The van der Waals surface area contributed by atoms with E-state index in [9.17, 15) is 4.79 Å². The summed E-state index contributed by atoms with van der Waals surface area (Å²) >= 11 is 0. The Hall–Kier alpha value is -1.83. The number of allylic oxidation sites excluding steroid dienone is 4. The molecule has 1 atom stereocenters. The lowest BCUT2D eigenvalue weighted by atomic mass is 9.64. The zero-order valence-electron chi connectivity index (χ0n) is 14.3. The molecule has 2 nitrogen and oxygen atoms in total. The van der Waals surface area contributed by atoms with Crippen LogP contribution in [0.5, 0.6) is 0 Å². The van der Waals surface area contributed by atoms with E-state index in [-0.39, 0.29) is 16.8 Å². The lowest BCUT2D eigenvalue weighted by molar-refractivity contribution is 0.0526. The van der Waals surface area contributed by atoms with Crippen molar-refractivity contribution in [1.29, 1.82) is 0 Å². The van der Waals surface area contributed by atoms with Gasteiger partial charge in [0.1, 0.15) is 0 Å². The summed E-state index contributed by atoms with van der Waals surface area (Å²) in [6, 6.07) is 7.66. The first-order chi connectivity index (χ1) is 10.3. The van der Waals surface area contributed by atoms with E-state index in [0.29, 0.717) is 12.2 Å². The molecule has 1 aliphatic rings. The molecule has 2 heteroatoms. The summed E-state index contributed by atoms with van der Waals surface area (Å²) in [5.74, 6) is -0.253. The largest absolute Gasteiger partial charge is 0.462 e. The minimum absolute atomic E-state index is 0.134. The van der Waals surface area contributed by atoms with Crippen LogP contribution in [0.15, 0.2) is 42.5 Å². The molecule has 1 aliphatic carbocycles. The molecular weight excluding hydrogens is 272 g/mol. The van der Waals surface area contributed by atoms with Crippen molar-refractivity contribution in [2.24, 2.45) is 10.8 Å². The van der Waals surface area contributed by atoms with E-state index in [2.05, 4.69) is 45.9 Å². The number of esters is 1. The molecule has 22 heavy (non-hydrogen) atoms. The van der Waals surface area contributed by atoms with Gasteiger partial charge in [0.05, 0.1) is 12.2 Å². The normalized spacial score (nSPS) is 21.4. The van der Waals surface area contributed by atoms with Crippen molar-refractivity contribution >= 4 is 11.5 Å². The summed E-state index contributed by atoms with van der Waals surface area (Å²) in [7, 11) is 0. The number of rotatable bonds is 3. The molecule has 0 spiro atoms. The van der Waals surface area contributed by atoms with Gasteiger partial charge in [-0.25, -0.2) is 4.79 Å². The lowest BCUT2D eigenvalue weighted by Crippen LogP contribution is -2.31. The summed E-state index contributed by atoms with van der Waals surface area (Å²) in [5, 5.41) is 0. The summed E-state index contributed by atoms with van der Waals surface area (Å²) in [4.78, 5) is 12.1. The molecule has 118 valence electrons. The molecule has 1 aromatic carbocycles. The molecule has 0 saturated carbocycles. The molecule has 2 rings (SSSR count). The van der Waals surface area contributed by atoms with E-state index in [1.807, 2.05) is 31.2 Å². The molecule has 0 heterocycles. The first-order valence-corrected chi connectivity index (χ1v) is 7.94. The Bertz CT molecular complexity index is 617. The van der Waals surface area contributed by atoms with Crippen LogP contribution in [0.1, 0.15) is 57.0 Å². The van der Waals surface area contributed by atoms with E-state index >= 15 is 0 Å². The van der Waals surface area contributed by atoms with Gasteiger partial charge in [-0.1, -0.05) is 64.1 Å². The van der Waals surface area contributed by atoms with Crippen molar-refractivity contribution in [3.63, 3.8) is 0 Å². The van der Waals surface area contributed by atoms with Crippen molar-refractivity contribution in [1.82, 2.24) is 0 Å². The minimum Gasteiger partial charge on any atom is -0.462 e. The second kappa shape index (κ2) is 6.12. The third kappa shape index (κ3) is 3.16. The molecule has 1 unspecified atom stereocenters. The Labute approximate surface area is 133 Å². The quantitative estimate of drug-likeness (QED) is 0.712. The molecule has 0 amide bonds. The first-order valence-electron chi connectivity index (χ1n) is 7.94. The molecule has 0 radical (unpaired) electrons. The third-order valence-electron chi connectivity index (χ3n) is 4.82. The lowest BCUT2D eigenvalue weighted by Gasteiger charge is -2.41. The predicted molar refractivity (Wildman–Crippen MR) is 91.7 cm³/mol. The van der Waals surface area contributed by atoms with E-state index in [4.69, 9.17) is 4.74 Å². The predicted octanol–water partition coefficient (Wildman–Crippen LogP) is 5.26. The zero-order valence-corrected chi connectivity index (χ0v) is 14.3. The maximum atomic E-state index is 12.1. The summed E-state index contributed by atoms with van der Waals surface area (Å²) < 4.78 is 5.16. The van der Waals surface area contributed by atoms with E-state index in [1.165, 1.54) is 0 Å². The van der Waals surface area contributed by atoms with Crippen molar-refractivity contribution in [3.05, 3.63) is 53.6 Å². The number of hydrogen-bond donors (Lipinski definition) is 0. The topological polar surface area (TPSA) is 26.3 Å². The van der Waals surface area contributed by atoms with Crippen LogP contribution in [0.3, 0.4) is 0 Å². The average Bonchev–Trinajstić information content (AvgIpc) is 2.47. The van der Waals surface area contributed by atoms with Gasteiger partial charge in [0.2, 0.25) is 0 Å². The van der Waals surface area contributed by atoms with E-state index in [0.717, 1.165) is 17.6 Å². The number of carbonyl (C=O) groups is 1. The standard InChI is InChI=1S/C20H26O2/c1-6-22-18(21)17-10-8-7-9-16(17)15-11-13-20(5,14-12-15)19(2,3)4/h7-13H,6,14H2,1-5H3. The number of hydrogen-bond acceptors (Lipinski definition) is 2. The van der Waals surface area contributed by atoms with Gasteiger partial charge in [0.15, 0.2) is 0 Å². The maximum Gasteiger partial charge on any atom is 0.338 e. The van der Waals surface area contributed by atoms with Crippen LogP contribution in [-0.4, -0.2) is 12.6 Å². The summed E-state index contributed by atoms with van der Waals surface area (Å²) in [5.41, 5.74) is 3.03. The Kier molecular flexibility index (Phi) is 4.60. The fourth-order valence-electron chi connectivity index (χ4n) is 2.61. The summed E-state index contributed by atoms with van der Waals surface area (Å²) in [6.45, 7) is 11.3. The second-order valence-corrected chi connectivity index (χ2v) is 7.13. The van der Waals surface area contributed by atoms with Crippen molar-refractivity contribution < 1.29 is 9.53 Å².